The van der Waals surface area contributed by atoms with Crippen LogP contribution in [-0.4, -0.2) is 23.8 Å². The molecule has 16 heavy (non-hydrogen) atoms. The van der Waals surface area contributed by atoms with E-state index in [1.165, 1.54) is 0 Å². The molecule has 0 radical (unpaired) electrons. The van der Waals surface area contributed by atoms with Gasteiger partial charge in [0, 0.05) is 12.1 Å². The van der Waals surface area contributed by atoms with Crippen molar-refractivity contribution in [3.63, 3.8) is 0 Å². The van der Waals surface area contributed by atoms with E-state index >= 15 is 0 Å². The average molecular weight is 226 g/mol. The number of carbonyl (C=O) groups is 1. The highest BCUT2D eigenvalue weighted by Gasteiger charge is 2.57. The molecule has 2 saturated carbocycles. The van der Waals surface area contributed by atoms with E-state index < -0.39 is 5.60 Å². The molecule has 0 bridgehead atoms. The fraction of sp³-hybridized carbons (Fsp3) is 0.917. The Hall–Kier alpha value is -0.770. The van der Waals surface area contributed by atoms with E-state index in [-0.39, 0.29) is 12.1 Å². The number of carbonyl (C=O) groups excluding carboxylic acids is 1. The molecule has 3 N–H and O–H groups in total. The monoisotopic (exact) mass is 226 g/mol. The van der Waals surface area contributed by atoms with Crippen LogP contribution < -0.4 is 11.1 Å². The van der Waals surface area contributed by atoms with Crippen LogP contribution in [0.4, 0.5) is 4.79 Å². The van der Waals surface area contributed by atoms with Crippen LogP contribution in [0.2, 0.25) is 0 Å². The lowest BCUT2D eigenvalue weighted by atomic mass is 10.0. The molecule has 4 heteroatoms. The SMILES string of the molecule is CC(C)(C)OC(=O)NC1CC12CCC(N)C2. The smallest absolute Gasteiger partial charge is 0.407 e. The number of ether oxygens (including phenoxy) is 1. The van der Waals surface area contributed by atoms with Gasteiger partial charge >= 0.3 is 6.09 Å². The molecule has 2 rings (SSSR count). The maximum atomic E-state index is 11.6. The Kier molecular flexibility index (Phi) is 2.65. The largest absolute Gasteiger partial charge is 0.444 e. The van der Waals surface area contributed by atoms with Crippen molar-refractivity contribution in [2.45, 2.75) is 64.1 Å². The van der Waals surface area contributed by atoms with Gasteiger partial charge in [-0.15, -0.1) is 0 Å². The highest BCUT2D eigenvalue weighted by Crippen LogP contribution is 2.57. The van der Waals surface area contributed by atoms with E-state index in [4.69, 9.17) is 10.5 Å². The van der Waals surface area contributed by atoms with Crippen LogP contribution in [0.15, 0.2) is 0 Å². The third kappa shape index (κ3) is 2.48. The quantitative estimate of drug-likeness (QED) is 0.716. The van der Waals surface area contributed by atoms with Gasteiger partial charge in [-0.25, -0.2) is 4.79 Å². The van der Waals surface area contributed by atoms with Gasteiger partial charge in [-0.05, 0) is 51.9 Å². The highest BCUT2D eigenvalue weighted by atomic mass is 16.6. The summed E-state index contributed by atoms with van der Waals surface area (Å²) in [5.41, 5.74) is 5.78. The minimum Gasteiger partial charge on any atom is -0.444 e. The second-order valence-corrected chi connectivity index (χ2v) is 6.27. The van der Waals surface area contributed by atoms with Crippen LogP contribution in [0.1, 0.15) is 46.5 Å². The fourth-order valence-corrected chi connectivity index (χ4v) is 2.70. The van der Waals surface area contributed by atoms with E-state index in [0.29, 0.717) is 11.5 Å². The summed E-state index contributed by atoms with van der Waals surface area (Å²) in [6.45, 7) is 5.63. The first-order valence-corrected chi connectivity index (χ1v) is 6.06. The van der Waals surface area contributed by atoms with Gasteiger partial charge in [0.2, 0.25) is 0 Å². The second-order valence-electron chi connectivity index (χ2n) is 6.27. The topological polar surface area (TPSA) is 64.3 Å². The Morgan fingerprint density at radius 2 is 2.12 bits per heavy atom. The summed E-state index contributed by atoms with van der Waals surface area (Å²) in [6, 6.07) is 0.612. The molecule has 0 saturated heterocycles. The van der Waals surface area contributed by atoms with E-state index in [1.807, 2.05) is 20.8 Å². The highest BCUT2D eigenvalue weighted by molar-refractivity contribution is 5.68. The van der Waals surface area contributed by atoms with E-state index in [2.05, 4.69) is 5.32 Å². The zero-order chi connectivity index (χ0) is 12.0. The molecule has 0 aromatic carbocycles. The molecular weight excluding hydrogens is 204 g/mol. The summed E-state index contributed by atoms with van der Waals surface area (Å²) in [7, 11) is 0. The van der Waals surface area contributed by atoms with E-state index in [1.54, 1.807) is 0 Å². The number of alkyl carbamates (subject to hydrolysis) is 1. The van der Waals surface area contributed by atoms with Gasteiger partial charge in [0.1, 0.15) is 5.60 Å². The number of hydrogen-bond acceptors (Lipinski definition) is 3. The first-order valence-electron chi connectivity index (χ1n) is 6.06. The molecule has 3 unspecified atom stereocenters. The van der Waals surface area contributed by atoms with Crippen molar-refractivity contribution in [3.8, 4) is 0 Å². The lowest BCUT2D eigenvalue weighted by molar-refractivity contribution is 0.0516. The lowest BCUT2D eigenvalue weighted by Crippen LogP contribution is -2.35. The first-order chi connectivity index (χ1) is 7.31. The van der Waals surface area contributed by atoms with Gasteiger partial charge in [0.15, 0.2) is 0 Å². The third-order valence-electron chi connectivity index (χ3n) is 3.56. The molecule has 0 aromatic rings. The van der Waals surface area contributed by atoms with Crippen molar-refractivity contribution in [1.82, 2.24) is 5.32 Å². The summed E-state index contributed by atoms with van der Waals surface area (Å²) in [5.74, 6) is 0. The molecule has 4 nitrogen and oxygen atoms in total. The molecule has 0 heterocycles. The van der Waals surface area contributed by atoms with Crippen LogP contribution >= 0.6 is 0 Å². The standard InChI is InChI=1S/C12H22N2O2/c1-11(2,3)16-10(15)14-9-7-12(9)5-4-8(13)6-12/h8-9H,4-7,13H2,1-3H3,(H,14,15). The Balaban J connectivity index is 1.79. The average Bonchev–Trinajstić information content (AvgIpc) is 2.55. The molecule has 1 spiro atoms. The van der Waals surface area contributed by atoms with Gasteiger partial charge < -0.3 is 15.8 Å². The van der Waals surface area contributed by atoms with Crippen LogP contribution in [-0.2, 0) is 4.74 Å². The second kappa shape index (κ2) is 3.62. The fourth-order valence-electron chi connectivity index (χ4n) is 2.70. The zero-order valence-electron chi connectivity index (χ0n) is 10.4. The summed E-state index contributed by atoms with van der Waals surface area (Å²) in [5, 5.41) is 2.95. The summed E-state index contributed by atoms with van der Waals surface area (Å²) >= 11 is 0. The Bertz CT molecular complexity index is 298. The Morgan fingerprint density at radius 3 is 2.62 bits per heavy atom. The predicted molar refractivity (Wildman–Crippen MR) is 62.0 cm³/mol. The molecule has 1 amide bonds. The zero-order valence-corrected chi connectivity index (χ0v) is 10.4. The van der Waals surface area contributed by atoms with Crippen molar-refractivity contribution >= 4 is 6.09 Å². The van der Waals surface area contributed by atoms with Crippen LogP contribution in [0.25, 0.3) is 0 Å². The van der Waals surface area contributed by atoms with Crippen LogP contribution in [0.5, 0.6) is 0 Å². The number of amides is 1. The number of nitrogens with one attached hydrogen (secondary N) is 1. The molecule has 2 aliphatic carbocycles. The maximum absolute atomic E-state index is 11.6. The van der Waals surface area contributed by atoms with Gasteiger partial charge in [-0.2, -0.15) is 0 Å². The maximum Gasteiger partial charge on any atom is 0.407 e. The molecule has 2 fully saturated rings. The summed E-state index contributed by atoms with van der Waals surface area (Å²) in [4.78, 5) is 11.6. The van der Waals surface area contributed by atoms with Crippen molar-refractivity contribution < 1.29 is 9.53 Å². The molecule has 0 aromatic heterocycles. The Morgan fingerprint density at radius 1 is 1.44 bits per heavy atom. The predicted octanol–water partition coefficient (Wildman–Crippen LogP) is 1.78. The first kappa shape index (κ1) is 11.7. The molecule has 92 valence electrons. The Labute approximate surface area is 96.9 Å². The van der Waals surface area contributed by atoms with Crippen molar-refractivity contribution in [3.05, 3.63) is 0 Å². The third-order valence-corrected chi connectivity index (χ3v) is 3.56. The number of nitrogens with two attached hydrogens (primary N) is 1. The van der Waals surface area contributed by atoms with Gasteiger partial charge in [0.25, 0.3) is 0 Å². The van der Waals surface area contributed by atoms with E-state index in [9.17, 15) is 4.79 Å². The van der Waals surface area contributed by atoms with Gasteiger partial charge in [0.05, 0.1) is 0 Å². The lowest BCUT2D eigenvalue weighted by Gasteiger charge is -2.20. The minimum atomic E-state index is -0.418. The molecule has 3 atom stereocenters. The molecular formula is C12H22N2O2. The summed E-state index contributed by atoms with van der Waals surface area (Å²) in [6.07, 6.45) is 4.06. The van der Waals surface area contributed by atoms with Crippen molar-refractivity contribution in [1.29, 1.82) is 0 Å². The van der Waals surface area contributed by atoms with Crippen LogP contribution in [0, 0.1) is 5.41 Å². The van der Waals surface area contributed by atoms with Crippen molar-refractivity contribution in [2.24, 2.45) is 11.1 Å². The van der Waals surface area contributed by atoms with E-state index in [0.717, 1.165) is 25.7 Å². The number of rotatable bonds is 1. The molecule has 0 aliphatic heterocycles. The summed E-state index contributed by atoms with van der Waals surface area (Å²) < 4.78 is 5.24. The van der Waals surface area contributed by atoms with Crippen LogP contribution in [0.3, 0.4) is 0 Å². The van der Waals surface area contributed by atoms with Crippen molar-refractivity contribution in [2.75, 3.05) is 0 Å². The van der Waals surface area contributed by atoms with Gasteiger partial charge in [-0.1, -0.05) is 0 Å². The number of hydrogen-bond donors (Lipinski definition) is 2. The minimum absolute atomic E-state index is 0.288. The normalized spacial score (nSPS) is 37.5. The molecule has 2 aliphatic rings. The van der Waals surface area contributed by atoms with Gasteiger partial charge in [-0.3, -0.25) is 0 Å².